The van der Waals surface area contributed by atoms with Gasteiger partial charge in [0.25, 0.3) is 0 Å². The van der Waals surface area contributed by atoms with Gasteiger partial charge >= 0.3 is 17.9 Å². The quantitative estimate of drug-likeness (QED) is 0.367. The smallest absolute Gasteiger partial charge is 0.331 e. The lowest BCUT2D eigenvalue weighted by atomic mass is 9.44. The molecule has 166 valence electrons. The Kier molecular flexibility index (Phi) is 6.44. The molecule has 2 fully saturated rings. The Morgan fingerprint density at radius 3 is 2.63 bits per heavy atom. The Bertz CT molecular complexity index is 768. The summed E-state index contributed by atoms with van der Waals surface area (Å²) in [4.78, 5) is 35.2. The Morgan fingerprint density at radius 2 is 2.03 bits per heavy atom. The van der Waals surface area contributed by atoms with Crippen molar-refractivity contribution in [2.75, 3.05) is 13.2 Å². The highest BCUT2D eigenvalue weighted by Crippen LogP contribution is 2.63. The largest absolute Gasteiger partial charge is 0.465 e. The molecule has 5 unspecified atom stereocenters. The van der Waals surface area contributed by atoms with Gasteiger partial charge in [0, 0.05) is 19.9 Å². The van der Waals surface area contributed by atoms with Crippen LogP contribution in [0, 0.1) is 22.7 Å². The molecule has 6 nitrogen and oxygen atoms in total. The number of carbonyl (C=O) groups excluding carboxylic acids is 3. The van der Waals surface area contributed by atoms with Gasteiger partial charge in [-0.1, -0.05) is 26.0 Å². The molecule has 5 atom stereocenters. The second kappa shape index (κ2) is 8.56. The molecule has 3 rings (SSSR count). The number of carbonyl (C=O) groups is 3. The third kappa shape index (κ3) is 4.06. The van der Waals surface area contributed by atoms with Gasteiger partial charge in [-0.2, -0.15) is 0 Å². The van der Waals surface area contributed by atoms with Crippen LogP contribution in [-0.4, -0.2) is 37.2 Å². The predicted molar refractivity (Wildman–Crippen MR) is 111 cm³/mol. The van der Waals surface area contributed by atoms with Crippen LogP contribution in [0.3, 0.4) is 0 Å². The van der Waals surface area contributed by atoms with Crippen molar-refractivity contribution in [1.29, 1.82) is 0 Å². The highest BCUT2D eigenvalue weighted by Gasteiger charge is 2.62. The van der Waals surface area contributed by atoms with Gasteiger partial charge in [0.15, 0.2) is 0 Å². The first-order chi connectivity index (χ1) is 14.1. The van der Waals surface area contributed by atoms with E-state index in [-0.39, 0.29) is 42.0 Å². The first-order valence-corrected chi connectivity index (χ1v) is 10.9. The molecule has 0 aromatic carbocycles. The van der Waals surface area contributed by atoms with E-state index in [0.717, 1.165) is 43.3 Å². The maximum atomic E-state index is 12.0. The molecular weight excluding hydrogens is 384 g/mol. The van der Waals surface area contributed by atoms with E-state index in [1.54, 1.807) is 6.08 Å². The van der Waals surface area contributed by atoms with Crippen LogP contribution in [-0.2, 0) is 28.6 Å². The topological polar surface area (TPSA) is 78.9 Å². The van der Waals surface area contributed by atoms with Gasteiger partial charge in [-0.15, -0.1) is 0 Å². The molecule has 0 bridgehead atoms. The summed E-state index contributed by atoms with van der Waals surface area (Å²) in [6, 6.07) is 0. The van der Waals surface area contributed by atoms with Gasteiger partial charge < -0.3 is 14.2 Å². The van der Waals surface area contributed by atoms with E-state index in [4.69, 9.17) is 14.2 Å². The normalized spacial score (nSPS) is 35.9. The molecule has 2 aliphatic carbocycles. The molecule has 3 aliphatic rings. The number of ether oxygens (including phenoxy) is 3. The second-order valence-corrected chi connectivity index (χ2v) is 9.52. The fourth-order valence-corrected chi connectivity index (χ4v) is 6.05. The molecule has 6 heteroatoms. The molecule has 0 aromatic rings. The van der Waals surface area contributed by atoms with E-state index in [9.17, 15) is 14.4 Å². The summed E-state index contributed by atoms with van der Waals surface area (Å²) in [6.45, 7) is 12.3. The summed E-state index contributed by atoms with van der Waals surface area (Å²) in [5.74, 6) is -0.465. The van der Waals surface area contributed by atoms with Gasteiger partial charge in [0.05, 0.1) is 5.41 Å². The van der Waals surface area contributed by atoms with Crippen LogP contribution in [0.4, 0.5) is 0 Å². The van der Waals surface area contributed by atoms with E-state index < -0.39 is 5.41 Å². The van der Waals surface area contributed by atoms with Gasteiger partial charge in [-0.25, -0.2) is 4.79 Å². The molecule has 30 heavy (non-hydrogen) atoms. The molecule has 0 aromatic heterocycles. The number of fused-ring (bicyclic) bond motifs is 1. The Hall–Kier alpha value is -2.11. The summed E-state index contributed by atoms with van der Waals surface area (Å²) in [5, 5.41) is 0. The van der Waals surface area contributed by atoms with Crippen molar-refractivity contribution in [3.05, 3.63) is 23.8 Å². The summed E-state index contributed by atoms with van der Waals surface area (Å²) >= 11 is 0. The van der Waals surface area contributed by atoms with Crippen molar-refractivity contribution in [2.45, 2.75) is 72.3 Å². The molecule has 1 aliphatic heterocycles. The van der Waals surface area contributed by atoms with Crippen LogP contribution < -0.4 is 0 Å². The number of hydrogen-bond donors (Lipinski definition) is 0. The van der Waals surface area contributed by atoms with Crippen LogP contribution in [0.25, 0.3) is 0 Å². The average Bonchev–Trinajstić information content (AvgIpc) is 3.08. The Morgan fingerprint density at radius 1 is 1.30 bits per heavy atom. The van der Waals surface area contributed by atoms with Gasteiger partial charge in [-0.05, 0) is 61.3 Å². The van der Waals surface area contributed by atoms with Crippen LogP contribution in [0.15, 0.2) is 23.8 Å². The molecule has 0 spiro atoms. The molecule has 0 radical (unpaired) electrons. The highest BCUT2D eigenvalue weighted by molar-refractivity contribution is 5.85. The molecule has 1 heterocycles. The van der Waals surface area contributed by atoms with Crippen molar-refractivity contribution in [3.63, 3.8) is 0 Å². The monoisotopic (exact) mass is 418 g/mol. The first-order valence-electron chi connectivity index (χ1n) is 10.9. The zero-order valence-electron chi connectivity index (χ0n) is 18.6. The van der Waals surface area contributed by atoms with Crippen molar-refractivity contribution in [1.82, 2.24) is 0 Å². The van der Waals surface area contributed by atoms with E-state index in [2.05, 4.69) is 20.4 Å². The molecule has 0 saturated heterocycles. The summed E-state index contributed by atoms with van der Waals surface area (Å²) in [6.07, 6.45) is 6.45. The minimum Gasteiger partial charge on any atom is -0.465 e. The third-order valence-corrected chi connectivity index (χ3v) is 7.84. The summed E-state index contributed by atoms with van der Waals surface area (Å²) in [7, 11) is 0. The van der Waals surface area contributed by atoms with Crippen molar-refractivity contribution in [3.8, 4) is 0 Å². The average molecular weight is 419 g/mol. The maximum absolute atomic E-state index is 12.0. The van der Waals surface area contributed by atoms with E-state index >= 15 is 0 Å². The fourth-order valence-electron chi connectivity index (χ4n) is 6.05. The van der Waals surface area contributed by atoms with E-state index in [1.807, 2.05) is 0 Å². The highest BCUT2D eigenvalue weighted by atomic mass is 16.6. The number of hydrogen-bond acceptors (Lipinski definition) is 6. The molecular formula is C24H34O6. The van der Waals surface area contributed by atoms with Gasteiger partial charge in [-0.3, -0.25) is 9.59 Å². The van der Waals surface area contributed by atoms with Crippen molar-refractivity contribution < 1.29 is 28.6 Å². The Balaban J connectivity index is 1.97. The first kappa shape index (κ1) is 22.6. The molecule has 0 amide bonds. The second-order valence-electron chi connectivity index (χ2n) is 9.52. The summed E-state index contributed by atoms with van der Waals surface area (Å²) < 4.78 is 16.5. The zero-order chi connectivity index (χ0) is 22.1. The number of esters is 3. The number of cyclic esters (lactones) is 1. The SMILES string of the molecule is C=C1CCCC2C(C)(CCC3=CC(=O)OC3)C(C)CC(OC(C)=O)C12COC(C)=O. The van der Waals surface area contributed by atoms with E-state index in [0.29, 0.717) is 18.9 Å². The number of rotatable bonds is 6. The standard InChI is InChI=1S/C24H34O6/c1-15-7-6-8-20-23(5,10-9-19-12-22(27)28-13-19)16(2)11-21(30-18(4)26)24(15,20)14-29-17(3)25/h12,16,20-21H,1,6-11,13-14H2,2-5H3. The van der Waals surface area contributed by atoms with E-state index in [1.165, 1.54) is 13.8 Å². The van der Waals surface area contributed by atoms with Gasteiger partial charge in [0.2, 0.25) is 0 Å². The third-order valence-electron chi connectivity index (χ3n) is 7.84. The van der Waals surface area contributed by atoms with Crippen LogP contribution in [0.5, 0.6) is 0 Å². The lowest BCUT2D eigenvalue weighted by Gasteiger charge is -2.61. The Labute approximate surface area is 179 Å². The van der Waals surface area contributed by atoms with Crippen LogP contribution >= 0.6 is 0 Å². The fraction of sp³-hybridized carbons (Fsp3) is 0.708. The van der Waals surface area contributed by atoms with Crippen molar-refractivity contribution >= 4 is 17.9 Å². The minimum absolute atomic E-state index is 0.0768. The lowest BCUT2D eigenvalue weighted by Crippen LogP contribution is -2.61. The molecule has 0 N–H and O–H groups in total. The summed E-state index contributed by atoms with van der Waals surface area (Å²) in [5.41, 5.74) is 1.39. The predicted octanol–water partition coefficient (Wildman–Crippen LogP) is 4.13. The van der Waals surface area contributed by atoms with Crippen LogP contribution in [0.2, 0.25) is 0 Å². The van der Waals surface area contributed by atoms with Crippen LogP contribution in [0.1, 0.15) is 66.2 Å². The minimum atomic E-state index is -0.576. The lowest BCUT2D eigenvalue weighted by molar-refractivity contribution is -0.193. The maximum Gasteiger partial charge on any atom is 0.331 e. The zero-order valence-corrected chi connectivity index (χ0v) is 18.6. The van der Waals surface area contributed by atoms with Gasteiger partial charge in [0.1, 0.15) is 19.3 Å². The van der Waals surface area contributed by atoms with Crippen molar-refractivity contribution in [2.24, 2.45) is 22.7 Å². The molecule has 2 saturated carbocycles.